The van der Waals surface area contributed by atoms with Gasteiger partial charge in [-0.25, -0.2) is 9.97 Å². The molecule has 29 heavy (non-hydrogen) atoms. The zero-order chi connectivity index (χ0) is 21.4. The van der Waals surface area contributed by atoms with Crippen LogP contribution in [0.5, 0.6) is 0 Å². The third kappa shape index (κ3) is 6.70. The number of aromatic nitrogens is 4. The molecule has 0 aliphatic rings. The van der Waals surface area contributed by atoms with Crippen LogP contribution in [-0.4, -0.2) is 57.2 Å². The molecule has 0 fully saturated rings. The highest BCUT2D eigenvalue weighted by Gasteiger charge is 2.34. The van der Waals surface area contributed by atoms with E-state index in [4.69, 9.17) is 19.9 Å². The Balaban J connectivity index is 2.23. The fourth-order valence-electron chi connectivity index (χ4n) is 2.77. The molecule has 0 atom stereocenters. The van der Waals surface area contributed by atoms with Gasteiger partial charge in [0.25, 0.3) is 0 Å². The zero-order valence-corrected chi connectivity index (χ0v) is 16.7. The second kappa shape index (κ2) is 9.80. The normalized spacial score (nSPS) is 11.3. The van der Waals surface area contributed by atoms with Crippen molar-refractivity contribution in [3.63, 3.8) is 0 Å². The highest BCUT2D eigenvalue weighted by molar-refractivity contribution is 5.70. The topological polar surface area (TPSA) is 149 Å². The minimum Gasteiger partial charge on any atom is -0.466 e. The van der Waals surface area contributed by atoms with Crippen LogP contribution in [0.2, 0.25) is 0 Å². The SMILES string of the molecule is CC(=O)OCCC(CCn1cnc2cnc(N)nc21)(COC(C)=O)COC(C)=O. The lowest BCUT2D eigenvalue weighted by Crippen LogP contribution is -2.36. The summed E-state index contributed by atoms with van der Waals surface area (Å²) in [5.74, 6) is -1.22. The van der Waals surface area contributed by atoms with Crippen molar-refractivity contribution < 1.29 is 28.6 Å². The van der Waals surface area contributed by atoms with Crippen LogP contribution in [0.1, 0.15) is 33.6 Å². The predicted octanol–water partition coefficient (Wildman–Crippen LogP) is 0.864. The quantitative estimate of drug-likeness (QED) is 0.444. The molecule has 2 N–H and O–H groups in total. The number of ether oxygens (including phenoxy) is 3. The molecule has 2 aromatic heterocycles. The monoisotopic (exact) mass is 407 g/mol. The first-order valence-electron chi connectivity index (χ1n) is 9.04. The second-order valence-electron chi connectivity index (χ2n) is 6.78. The number of rotatable bonds is 10. The van der Waals surface area contributed by atoms with E-state index in [2.05, 4.69) is 15.0 Å². The van der Waals surface area contributed by atoms with Crippen LogP contribution >= 0.6 is 0 Å². The molecule has 0 aromatic carbocycles. The van der Waals surface area contributed by atoms with Crippen LogP contribution in [0.3, 0.4) is 0 Å². The van der Waals surface area contributed by atoms with Crippen molar-refractivity contribution in [2.75, 3.05) is 25.6 Å². The second-order valence-corrected chi connectivity index (χ2v) is 6.78. The van der Waals surface area contributed by atoms with E-state index in [1.54, 1.807) is 10.9 Å². The van der Waals surface area contributed by atoms with Crippen molar-refractivity contribution in [3.8, 4) is 0 Å². The van der Waals surface area contributed by atoms with Gasteiger partial charge in [0, 0.05) is 32.7 Å². The van der Waals surface area contributed by atoms with Crippen LogP contribution in [-0.2, 0) is 35.1 Å². The molecule has 0 saturated carbocycles. The summed E-state index contributed by atoms with van der Waals surface area (Å²) in [5.41, 5.74) is 6.05. The Bertz CT molecular complexity index is 863. The van der Waals surface area contributed by atoms with Crippen molar-refractivity contribution in [1.29, 1.82) is 0 Å². The van der Waals surface area contributed by atoms with Gasteiger partial charge < -0.3 is 24.5 Å². The lowest BCUT2D eigenvalue weighted by molar-refractivity contribution is -0.155. The molecule has 0 aliphatic heterocycles. The van der Waals surface area contributed by atoms with E-state index in [0.29, 0.717) is 30.6 Å². The maximum atomic E-state index is 11.4. The third-order valence-corrected chi connectivity index (χ3v) is 4.36. The molecular weight excluding hydrogens is 382 g/mol. The number of fused-ring (bicyclic) bond motifs is 1. The number of nitrogen functional groups attached to an aromatic ring is 1. The van der Waals surface area contributed by atoms with Crippen molar-refractivity contribution >= 4 is 35.0 Å². The molecular formula is C18H25N5O6. The number of esters is 3. The number of imidazole rings is 1. The van der Waals surface area contributed by atoms with E-state index >= 15 is 0 Å². The van der Waals surface area contributed by atoms with Crippen LogP contribution < -0.4 is 5.73 Å². The third-order valence-electron chi connectivity index (χ3n) is 4.36. The molecule has 11 heteroatoms. The number of hydrogen-bond donors (Lipinski definition) is 1. The summed E-state index contributed by atoms with van der Waals surface area (Å²) in [4.78, 5) is 46.3. The molecule has 0 unspecified atom stereocenters. The minimum absolute atomic E-state index is 0.000626. The van der Waals surface area contributed by atoms with Gasteiger partial charge in [-0.2, -0.15) is 4.98 Å². The Labute approximate surface area is 167 Å². The van der Waals surface area contributed by atoms with E-state index in [9.17, 15) is 14.4 Å². The summed E-state index contributed by atoms with van der Waals surface area (Å²) in [7, 11) is 0. The van der Waals surface area contributed by atoms with Crippen molar-refractivity contribution in [3.05, 3.63) is 12.5 Å². The zero-order valence-electron chi connectivity index (χ0n) is 16.7. The molecule has 0 bridgehead atoms. The minimum atomic E-state index is -0.762. The van der Waals surface area contributed by atoms with Gasteiger partial charge in [0.1, 0.15) is 18.7 Å². The molecule has 2 heterocycles. The number of hydrogen-bond acceptors (Lipinski definition) is 10. The van der Waals surface area contributed by atoms with Gasteiger partial charge >= 0.3 is 17.9 Å². The average Bonchev–Trinajstić information content (AvgIpc) is 3.04. The molecule has 0 radical (unpaired) electrons. The van der Waals surface area contributed by atoms with Gasteiger partial charge in [-0.3, -0.25) is 14.4 Å². The Kier molecular flexibility index (Phi) is 7.46. The largest absolute Gasteiger partial charge is 0.466 e. The van der Waals surface area contributed by atoms with Crippen molar-refractivity contribution in [2.45, 2.75) is 40.2 Å². The van der Waals surface area contributed by atoms with Crippen LogP contribution in [0.15, 0.2) is 12.5 Å². The standard InChI is InChI=1S/C18H25N5O6/c1-12(24)27-7-5-18(9-28-13(2)25,10-29-14(3)26)4-6-23-11-21-15-8-20-17(19)22-16(15)23/h8,11H,4-7,9-10H2,1-3H3,(H2,19,20,22). The Morgan fingerprint density at radius 2 is 1.62 bits per heavy atom. The molecule has 0 spiro atoms. The molecule has 0 aliphatic carbocycles. The number of anilines is 1. The van der Waals surface area contributed by atoms with Gasteiger partial charge in [0.05, 0.1) is 19.1 Å². The van der Waals surface area contributed by atoms with Gasteiger partial charge in [-0.05, 0) is 12.8 Å². The first-order chi connectivity index (χ1) is 13.7. The molecule has 2 aromatic rings. The number of nitrogens with zero attached hydrogens (tertiary/aromatic N) is 4. The lowest BCUT2D eigenvalue weighted by atomic mass is 9.82. The van der Waals surface area contributed by atoms with E-state index < -0.39 is 23.3 Å². The number of nitrogens with two attached hydrogens (primary N) is 1. The first-order valence-corrected chi connectivity index (χ1v) is 9.04. The molecule has 2 rings (SSSR count). The van der Waals surface area contributed by atoms with E-state index in [-0.39, 0.29) is 25.8 Å². The number of carbonyl (C=O) groups is 3. The fourth-order valence-corrected chi connectivity index (χ4v) is 2.77. The summed E-state index contributed by atoms with van der Waals surface area (Å²) in [5, 5.41) is 0. The smallest absolute Gasteiger partial charge is 0.302 e. The number of aryl methyl sites for hydroxylation is 1. The highest BCUT2D eigenvalue weighted by atomic mass is 16.5. The highest BCUT2D eigenvalue weighted by Crippen LogP contribution is 2.30. The van der Waals surface area contributed by atoms with Crippen LogP contribution in [0.4, 0.5) is 5.95 Å². The molecule has 158 valence electrons. The van der Waals surface area contributed by atoms with Gasteiger partial charge in [0.15, 0.2) is 5.65 Å². The molecule has 0 saturated heterocycles. The van der Waals surface area contributed by atoms with Crippen LogP contribution in [0.25, 0.3) is 11.2 Å². The average molecular weight is 407 g/mol. The van der Waals surface area contributed by atoms with Gasteiger partial charge in [0.2, 0.25) is 5.95 Å². The molecule has 0 amide bonds. The Morgan fingerprint density at radius 1 is 1.00 bits per heavy atom. The summed E-state index contributed by atoms with van der Waals surface area (Å²) in [6, 6.07) is 0. The van der Waals surface area contributed by atoms with Crippen molar-refractivity contribution in [1.82, 2.24) is 19.5 Å². The van der Waals surface area contributed by atoms with Crippen molar-refractivity contribution in [2.24, 2.45) is 5.41 Å². The van der Waals surface area contributed by atoms with Crippen LogP contribution in [0, 0.1) is 5.41 Å². The molecule has 11 nitrogen and oxygen atoms in total. The van der Waals surface area contributed by atoms with E-state index in [1.807, 2.05) is 0 Å². The lowest BCUT2D eigenvalue weighted by Gasteiger charge is -2.32. The maximum Gasteiger partial charge on any atom is 0.302 e. The van der Waals surface area contributed by atoms with Gasteiger partial charge in [-0.1, -0.05) is 0 Å². The Morgan fingerprint density at radius 3 is 2.21 bits per heavy atom. The fraction of sp³-hybridized carbons (Fsp3) is 0.556. The number of carbonyl (C=O) groups excluding carboxylic acids is 3. The maximum absolute atomic E-state index is 11.4. The first kappa shape index (κ1) is 22.1. The summed E-state index contributed by atoms with van der Waals surface area (Å²) in [6.45, 7) is 4.42. The summed E-state index contributed by atoms with van der Waals surface area (Å²) < 4.78 is 17.3. The van der Waals surface area contributed by atoms with E-state index in [1.165, 1.54) is 27.0 Å². The Hall–Kier alpha value is -3.24. The van der Waals surface area contributed by atoms with Gasteiger partial charge in [-0.15, -0.1) is 0 Å². The summed E-state index contributed by atoms with van der Waals surface area (Å²) in [6.07, 6.45) is 3.90. The predicted molar refractivity (Wildman–Crippen MR) is 101 cm³/mol. The summed E-state index contributed by atoms with van der Waals surface area (Å²) >= 11 is 0. The van der Waals surface area contributed by atoms with E-state index in [0.717, 1.165) is 0 Å².